The molecule has 26 heteroatoms. The molecule has 2 fully saturated rings. The molecule has 0 amide bonds. The lowest BCUT2D eigenvalue weighted by molar-refractivity contribution is -0.0609. The van der Waals surface area contributed by atoms with Crippen molar-refractivity contribution in [2.75, 3.05) is 24.7 Å². The summed E-state index contributed by atoms with van der Waals surface area (Å²) in [6.07, 6.45) is -11.9. The van der Waals surface area contributed by atoms with Gasteiger partial charge in [-0.25, -0.2) is 14.5 Å². The number of aromatic amines is 1. The molecule has 0 radical (unpaired) electrons. The molecule has 2 aliphatic rings. The first-order valence-corrected chi connectivity index (χ1v) is 15.5. The second kappa shape index (κ2) is 12.2. The van der Waals surface area contributed by atoms with E-state index in [1.54, 1.807) is 0 Å². The molecule has 0 aromatic carbocycles. The molecule has 0 spiro atoms. The summed E-state index contributed by atoms with van der Waals surface area (Å²) in [6, 6.07) is 0. The average Bonchev–Trinajstić information content (AvgIpc) is 3.73. The fourth-order valence-electron chi connectivity index (χ4n) is 5.10. The normalized spacial score (nSPS) is 29.9. The second-order valence-electron chi connectivity index (χ2n) is 9.91. The smallest absolute Gasteiger partial charge is 0.394 e. The summed E-state index contributed by atoms with van der Waals surface area (Å²) in [5, 5.41) is 31.3. The number of anilines is 2. The summed E-state index contributed by atoms with van der Waals surface area (Å²) in [7, 11) is -8.58. The maximum atomic E-state index is 13.9. The molecule has 0 aliphatic carbocycles. The molecule has 4 aromatic heterocycles. The van der Waals surface area contributed by atoms with Crippen LogP contribution in [0.2, 0.25) is 0 Å². The van der Waals surface area contributed by atoms with Gasteiger partial charge in [0.05, 0.1) is 25.9 Å². The van der Waals surface area contributed by atoms with Gasteiger partial charge in [-0.2, -0.15) is 19.3 Å². The third-order valence-electron chi connectivity index (χ3n) is 7.09. The molecule has 46 heavy (non-hydrogen) atoms. The highest BCUT2D eigenvalue weighted by atomic mass is 31.2. The van der Waals surface area contributed by atoms with Crippen molar-refractivity contribution in [2.24, 2.45) is 0 Å². The number of nitrogens with zero attached hydrogens (tertiary/aromatic N) is 7. The summed E-state index contributed by atoms with van der Waals surface area (Å²) in [6.45, 7) is -1.68. The Hall–Kier alpha value is -3.64. The van der Waals surface area contributed by atoms with E-state index in [0.717, 1.165) is 21.8 Å². The minimum absolute atomic E-state index is 0.0582. The first-order valence-electron chi connectivity index (χ1n) is 12.9. The third-order valence-corrected chi connectivity index (χ3v) is 8.50. The molecule has 10 atom stereocenters. The van der Waals surface area contributed by atoms with E-state index in [2.05, 4.69) is 29.9 Å². The largest absolute Gasteiger partial charge is 0.695 e. The Bertz CT molecular complexity index is 1910. The van der Waals surface area contributed by atoms with Crippen LogP contribution in [0.3, 0.4) is 0 Å². The van der Waals surface area contributed by atoms with E-state index >= 15 is 0 Å². The van der Waals surface area contributed by atoms with Crippen molar-refractivity contribution in [1.82, 2.24) is 39.0 Å². The maximum absolute atomic E-state index is 13.9. The Kier molecular flexibility index (Phi) is 8.56. The number of fused-ring (bicyclic) bond motifs is 2. The quantitative estimate of drug-likeness (QED) is 0.0619. The van der Waals surface area contributed by atoms with Crippen LogP contribution in [0.15, 0.2) is 17.4 Å². The number of aliphatic hydroxyl groups is 3. The SMILES string of the molecule is Nc1nc2c(ncn2[C@@H]2O[C@H](CO)[C@@H](O)[C@H]2OP(=O)(O)OC[C@H]2O[C@@H](n3cnc4c(N)nc(F)nc43)[C@H](O)[C@@H]2O[P+](=O)O)c(=O)[nH]1. The first kappa shape index (κ1) is 32.3. The molecule has 0 bridgehead atoms. The van der Waals surface area contributed by atoms with E-state index in [4.69, 9.17) is 34.5 Å². The van der Waals surface area contributed by atoms with Gasteiger partial charge < -0.3 is 41.2 Å². The van der Waals surface area contributed by atoms with Gasteiger partial charge in [-0.15, -0.1) is 9.42 Å². The van der Waals surface area contributed by atoms with Crippen LogP contribution < -0.4 is 17.0 Å². The number of aliphatic hydroxyl groups excluding tert-OH is 3. The van der Waals surface area contributed by atoms with Gasteiger partial charge in [0.25, 0.3) is 5.56 Å². The standard InChI is InChI=1S/C20H23FN10O13P2/c21-19-26-13(22)7-14(27-19)30(3-24-7)17-10(34)11(43-45(36)37)6(42-17)2-40-46(38,39)44-12-9(33)5(1-32)41-18(12)31-4-25-8-15(31)28-20(23)29-16(8)35/h3-6,9-12,17-18,32-34H,1-2H2,(H6-,22,23,26,27,28,29,35,36,37,38,39)/p+1/t5-,6-,9-,10-,11-,12-,17-,18-/m1/s1. The van der Waals surface area contributed by atoms with Crippen molar-refractivity contribution in [2.45, 2.75) is 49.1 Å². The first-order chi connectivity index (χ1) is 21.8. The molecule has 6 heterocycles. The minimum atomic E-state index is -5.23. The lowest BCUT2D eigenvalue weighted by Crippen LogP contribution is -2.36. The van der Waals surface area contributed by atoms with E-state index in [-0.39, 0.29) is 34.1 Å². The van der Waals surface area contributed by atoms with Crippen molar-refractivity contribution >= 4 is 50.2 Å². The van der Waals surface area contributed by atoms with Crippen LogP contribution in [0.25, 0.3) is 22.3 Å². The van der Waals surface area contributed by atoms with E-state index in [0.29, 0.717) is 0 Å². The number of nitrogens with one attached hydrogen (secondary N) is 1. The number of halogens is 1. The van der Waals surface area contributed by atoms with Crippen LogP contribution in [0.5, 0.6) is 0 Å². The fourth-order valence-corrected chi connectivity index (χ4v) is 6.50. The summed E-state index contributed by atoms with van der Waals surface area (Å²) < 4.78 is 67.1. The second-order valence-corrected chi connectivity index (χ2v) is 12.0. The van der Waals surface area contributed by atoms with Gasteiger partial charge in [0, 0.05) is 4.57 Å². The van der Waals surface area contributed by atoms with Crippen LogP contribution in [0.1, 0.15) is 12.5 Å². The fraction of sp³-hybridized carbons (Fsp3) is 0.500. The molecule has 4 aromatic rings. The van der Waals surface area contributed by atoms with Gasteiger partial charge in [-0.3, -0.25) is 28.0 Å². The number of ether oxygens (including phenoxy) is 2. The Morgan fingerprint density at radius 1 is 1.02 bits per heavy atom. The highest BCUT2D eigenvalue weighted by molar-refractivity contribution is 7.47. The van der Waals surface area contributed by atoms with Crippen molar-refractivity contribution in [1.29, 1.82) is 0 Å². The summed E-state index contributed by atoms with van der Waals surface area (Å²) >= 11 is 0. The van der Waals surface area contributed by atoms with E-state index in [1.165, 1.54) is 0 Å². The van der Waals surface area contributed by atoms with E-state index < -0.39 is 90.0 Å². The number of aromatic nitrogens is 8. The topological polar surface area (TPSA) is 341 Å². The molecule has 2 aliphatic heterocycles. The molecular formula is C20H24FN10O13P2+. The Balaban J connectivity index is 1.23. The van der Waals surface area contributed by atoms with Gasteiger partial charge in [0.2, 0.25) is 5.95 Å². The van der Waals surface area contributed by atoms with Crippen LogP contribution in [-0.2, 0) is 32.2 Å². The Labute approximate surface area is 254 Å². The number of rotatable bonds is 10. The molecule has 248 valence electrons. The predicted octanol–water partition coefficient (Wildman–Crippen LogP) is -2.69. The zero-order valence-corrected chi connectivity index (χ0v) is 24.5. The molecular weight excluding hydrogens is 669 g/mol. The molecule has 0 saturated carbocycles. The minimum Gasteiger partial charge on any atom is -0.394 e. The van der Waals surface area contributed by atoms with Crippen LogP contribution in [0.4, 0.5) is 16.2 Å². The summed E-state index contributed by atoms with van der Waals surface area (Å²) in [4.78, 5) is 53.2. The lowest BCUT2D eigenvalue weighted by atomic mass is 10.1. The number of H-pyrrole nitrogens is 1. The van der Waals surface area contributed by atoms with Crippen molar-refractivity contribution in [3.8, 4) is 0 Å². The Morgan fingerprint density at radius 3 is 2.37 bits per heavy atom. The number of nitrogens with two attached hydrogens (primary N) is 2. The number of phosphoric ester groups is 1. The highest BCUT2D eigenvalue weighted by Crippen LogP contribution is 2.50. The molecule has 10 N–H and O–H groups in total. The van der Waals surface area contributed by atoms with Gasteiger partial charge in [-0.1, -0.05) is 0 Å². The lowest BCUT2D eigenvalue weighted by Gasteiger charge is -2.24. The van der Waals surface area contributed by atoms with Crippen molar-refractivity contribution < 1.29 is 61.7 Å². The zero-order chi connectivity index (χ0) is 33.1. The molecule has 2 unspecified atom stereocenters. The number of hydrogen-bond acceptors (Lipinski definition) is 18. The number of imidazole rings is 2. The molecule has 23 nitrogen and oxygen atoms in total. The van der Waals surface area contributed by atoms with E-state index in [1.807, 2.05) is 0 Å². The zero-order valence-electron chi connectivity index (χ0n) is 22.7. The van der Waals surface area contributed by atoms with Crippen molar-refractivity contribution in [3.63, 3.8) is 0 Å². The van der Waals surface area contributed by atoms with Crippen LogP contribution >= 0.6 is 16.1 Å². The van der Waals surface area contributed by atoms with Gasteiger partial charge in [-0.05, 0) is 0 Å². The van der Waals surface area contributed by atoms with Gasteiger partial charge >= 0.3 is 22.2 Å². The Morgan fingerprint density at radius 2 is 1.67 bits per heavy atom. The van der Waals surface area contributed by atoms with Crippen molar-refractivity contribution in [3.05, 3.63) is 29.1 Å². The number of nitrogen functional groups attached to an aromatic ring is 2. The van der Waals surface area contributed by atoms with Crippen LogP contribution in [-0.4, -0.2) is 114 Å². The highest BCUT2D eigenvalue weighted by Gasteiger charge is 2.53. The number of hydrogen-bond donors (Lipinski definition) is 8. The monoisotopic (exact) mass is 693 g/mol. The average molecular weight is 693 g/mol. The van der Waals surface area contributed by atoms with Gasteiger partial charge in [0.1, 0.15) is 30.5 Å². The molecule has 6 rings (SSSR count). The van der Waals surface area contributed by atoms with E-state index in [9.17, 15) is 43.4 Å². The third kappa shape index (κ3) is 5.85. The van der Waals surface area contributed by atoms with Gasteiger partial charge in [0.15, 0.2) is 46.7 Å². The summed E-state index contributed by atoms with van der Waals surface area (Å²) in [5.74, 6) is -0.624. The number of phosphoric acid groups is 1. The maximum Gasteiger partial charge on any atom is 0.695 e. The van der Waals surface area contributed by atoms with Crippen LogP contribution in [0, 0.1) is 6.08 Å². The predicted molar refractivity (Wildman–Crippen MR) is 145 cm³/mol. The molecule has 2 saturated heterocycles. The summed E-state index contributed by atoms with van der Waals surface area (Å²) in [5.41, 5.74) is 9.96.